The van der Waals surface area contributed by atoms with Gasteiger partial charge in [-0.05, 0) is 43.4 Å². The van der Waals surface area contributed by atoms with E-state index in [0.717, 1.165) is 26.2 Å². The third-order valence-corrected chi connectivity index (χ3v) is 3.71. The molecule has 0 aliphatic heterocycles. The van der Waals surface area contributed by atoms with Crippen LogP contribution in [0.1, 0.15) is 22.3 Å². The fourth-order valence-corrected chi connectivity index (χ4v) is 2.61. The van der Waals surface area contributed by atoms with Crippen LogP contribution in [0.5, 0.6) is 0 Å². The van der Waals surface area contributed by atoms with Crippen LogP contribution >= 0.6 is 0 Å². The minimum absolute atomic E-state index is 0.926. The molecule has 0 heterocycles. The van der Waals surface area contributed by atoms with E-state index in [2.05, 4.69) is 71.1 Å². The fourth-order valence-electron chi connectivity index (χ4n) is 2.61. The summed E-state index contributed by atoms with van der Waals surface area (Å²) in [5, 5.41) is 6.35. The summed E-state index contributed by atoms with van der Waals surface area (Å²) in [6.45, 7) is 3.79. The molecule has 2 aromatic carbocycles. The van der Waals surface area contributed by atoms with Crippen molar-refractivity contribution in [1.29, 1.82) is 0 Å². The molecular weight excluding hydrogens is 270 g/mol. The molecule has 2 rings (SSSR count). The number of hydrogen-bond donors (Lipinski definition) is 2. The van der Waals surface area contributed by atoms with Gasteiger partial charge in [0.15, 0.2) is 0 Å². The van der Waals surface area contributed by atoms with Crippen molar-refractivity contribution in [2.45, 2.75) is 26.2 Å². The van der Waals surface area contributed by atoms with Crippen molar-refractivity contribution in [2.75, 3.05) is 21.1 Å². The summed E-state index contributed by atoms with van der Waals surface area (Å²) in [6, 6.07) is 17.7. The van der Waals surface area contributed by atoms with Gasteiger partial charge in [-0.1, -0.05) is 48.5 Å². The third kappa shape index (κ3) is 5.26. The van der Waals surface area contributed by atoms with Gasteiger partial charge < -0.3 is 10.6 Å². The smallest absolute Gasteiger partial charge is 0.0234 e. The van der Waals surface area contributed by atoms with E-state index in [4.69, 9.17) is 0 Å². The van der Waals surface area contributed by atoms with Crippen LogP contribution in [0.25, 0.3) is 0 Å². The molecule has 0 saturated carbocycles. The first-order chi connectivity index (χ1) is 10.7. The Morgan fingerprint density at radius 2 is 0.955 bits per heavy atom. The van der Waals surface area contributed by atoms with Gasteiger partial charge in [0, 0.05) is 26.2 Å². The lowest BCUT2D eigenvalue weighted by atomic mass is 10.1. The summed E-state index contributed by atoms with van der Waals surface area (Å²) in [5.41, 5.74) is 5.37. The molecule has 22 heavy (non-hydrogen) atoms. The van der Waals surface area contributed by atoms with E-state index >= 15 is 0 Å². The molecule has 0 bridgehead atoms. The molecule has 0 atom stereocenters. The topological polar surface area (TPSA) is 27.3 Å². The van der Waals surface area contributed by atoms with Crippen LogP contribution in [0.4, 0.5) is 0 Å². The SMILES string of the molecule is CNCc1ccc(CN(C)Cc2ccc(CNC)cc2)cc1. The molecule has 0 aliphatic carbocycles. The summed E-state index contributed by atoms with van der Waals surface area (Å²) in [4.78, 5) is 2.35. The molecule has 0 spiro atoms. The summed E-state index contributed by atoms with van der Waals surface area (Å²) in [5.74, 6) is 0. The molecule has 0 radical (unpaired) electrons. The molecule has 0 unspecified atom stereocenters. The van der Waals surface area contributed by atoms with Gasteiger partial charge in [-0.2, -0.15) is 0 Å². The maximum absolute atomic E-state index is 3.18. The van der Waals surface area contributed by atoms with Crippen molar-refractivity contribution in [3.63, 3.8) is 0 Å². The van der Waals surface area contributed by atoms with Crippen molar-refractivity contribution >= 4 is 0 Å². The Balaban J connectivity index is 1.87. The second kappa shape index (κ2) is 8.69. The Morgan fingerprint density at radius 1 is 0.636 bits per heavy atom. The number of nitrogens with zero attached hydrogens (tertiary/aromatic N) is 1. The molecule has 2 aromatic rings. The van der Waals surface area contributed by atoms with Crippen LogP contribution in [0.3, 0.4) is 0 Å². The van der Waals surface area contributed by atoms with Crippen LogP contribution in [-0.4, -0.2) is 26.0 Å². The molecule has 0 aliphatic rings. The Kier molecular flexibility index (Phi) is 6.59. The predicted octanol–water partition coefficient (Wildman–Crippen LogP) is 2.76. The van der Waals surface area contributed by atoms with E-state index in [1.807, 2.05) is 14.1 Å². The maximum atomic E-state index is 3.18. The fraction of sp³-hybridized carbons (Fsp3) is 0.368. The maximum Gasteiger partial charge on any atom is 0.0234 e. The second-order valence-electron chi connectivity index (χ2n) is 5.87. The predicted molar refractivity (Wildman–Crippen MR) is 93.6 cm³/mol. The van der Waals surface area contributed by atoms with Crippen LogP contribution in [0.2, 0.25) is 0 Å². The Labute approximate surface area is 134 Å². The van der Waals surface area contributed by atoms with Crippen LogP contribution < -0.4 is 10.6 Å². The highest BCUT2D eigenvalue weighted by atomic mass is 15.1. The number of nitrogens with one attached hydrogen (secondary N) is 2. The van der Waals surface area contributed by atoms with E-state index < -0.39 is 0 Å². The first kappa shape index (κ1) is 16.7. The van der Waals surface area contributed by atoms with E-state index in [0.29, 0.717) is 0 Å². The molecule has 3 heteroatoms. The van der Waals surface area contributed by atoms with E-state index in [9.17, 15) is 0 Å². The zero-order chi connectivity index (χ0) is 15.8. The Hall–Kier alpha value is -1.68. The van der Waals surface area contributed by atoms with Gasteiger partial charge in [0.1, 0.15) is 0 Å². The molecule has 3 nitrogen and oxygen atoms in total. The van der Waals surface area contributed by atoms with Gasteiger partial charge >= 0.3 is 0 Å². The molecule has 0 saturated heterocycles. The monoisotopic (exact) mass is 297 g/mol. The first-order valence-corrected chi connectivity index (χ1v) is 7.84. The van der Waals surface area contributed by atoms with Gasteiger partial charge in [0.05, 0.1) is 0 Å². The summed E-state index contributed by atoms with van der Waals surface area (Å²) in [6.07, 6.45) is 0. The van der Waals surface area contributed by atoms with Crippen molar-refractivity contribution in [3.05, 3.63) is 70.8 Å². The van der Waals surface area contributed by atoms with Gasteiger partial charge in [-0.15, -0.1) is 0 Å². The second-order valence-corrected chi connectivity index (χ2v) is 5.87. The van der Waals surface area contributed by atoms with Crippen molar-refractivity contribution < 1.29 is 0 Å². The standard InChI is InChI=1S/C19H27N3/c1-20-12-16-4-8-18(9-5-16)14-22(3)15-19-10-6-17(7-11-19)13-21-2/h4-11,20-21H,12-15H2,1-3H3. The van der Waals surface area contributed by atoms with Gasteiger partial charge in [0.25, 0.3) is 0 Å². The molecule has 0 fully saturated rings. The largest absolute Gasteiger partial charge is 0.316 e. The highest BCUT2D eigenvalue weighted by Gasteiger charge is 2.02. The highest BCUT2D eigenvalue weighted by molar-refractivity contribution is 5.24. The molecule has 0 aromatic heterocycles. The summed E-state index contributed by atoms with van der Waals surface area (Å²) < 4.78 is 0. The van der Waals surface area contributed by atoms with E-state index in [1.54, 1.807) is 0 Å². The zero-order valence-electron chi connectivity index (χ0n) is 13.9. The van der Waals surface area contributed by atoms with E-state index in [-0.39, 0.29) is 0 Å². The lowest BCUT2D eigenvalue weighted by Gasteiger charge is -2.17. The number of benzene rings is 2. The normalized spacial score (nSPS) is 11.1. The van der Waals surface area contributed by atoms with Gasteiger partial charge in [-0.25, -0.2) is 0 Å². The third-order valence-electron chi connectivity index (χ3n) is 3.71. The van der Waals surface area contributed by atoms with Gasteiger partial charge in [0.2, 0.25) is 0 Å². The minimum Gasteiger partial charge on any atom is -0.316 e. The Bertz CT molecular complexity index is 494. The van der Waals surface area contributed by atoms with Crippen LogP contribution in [0, 0.1) is 0 Å². The lowest BCUT2D eigenvalue weighted by molar-refractivity contribution is 0.319. The average Bonchev–Trinajstić information content (AvgIpc) is 2.52. The number of hydrogen-bond acceptors (Lipinski definition) is 3. The molecule has 2 N–H and O–H groups in total. The van der Waals surface area contributed by atoms with Crippen molar-refractivity contribution in [1.82, 2.24) is 15.5 Å². The zero-order valence-corrected chi connectivity index (χ0v) is 13.9. The Morgan fingerprint density at radius 3 is 1.27 bits per heavy atom. The average molecular weight is 297 g/mol. The van der Waals surface area contributed by atoms with Crippen molar-refractivity contribution in [3.8, 4) is 0 Å². The van der Waals surface area contributed by atoms with Crippen molar-refractivity contribution in [2.24, 2.45) is 0 Å². The highest BCUT2D eigenvalue weighted by Crippen LogP contribution is 2.11. The molecular formula is C19H27N3. The molecule has 118 valence electrons. The summed E-state index contributed by atoms with van der Waals surface area (Å²) >= 11 is 0. The summed E-state index contributed by atoms with van der Waals surface area (Å²) in [7, 11) is 6.12. The first-order valence-electron chi connectivity index (χ1n) is 7.84. The number of rotatable bonds is 8. The lowest BCUT2D eigenvalue weighted by Crippen LogP contribution is -2.17. The van der Waals surface area contributed by atoms with Gasteiger partial charge in [-0.3, -0.25) is 4.90 Å². The minimum atomic E-state index is 0.926. The van der Waals surface area contributed by atoms with Crippen LogP contribution in [0.15, 0.2) is 48.5 Å². The quantitative estimate of drug-likeness (QED) is 0.784. The molecule has 0 amide bonds. The van der Waals surface area contributed by atoms with E-state index in [1.165, 1.54) is 22.3 Å². The van der Waals surface area contributed by atoms with Crippen LogP contribution in [-0.2, 0) is 26.2 Å².